The zero-order chi connectivity index (χ0) is 18.8. The molecule has 2 heterocycles. The number of nitrogens with one attached hydrogen (secondary N) is 1. The average molecular weight is 397 g/mol. The Morgan fingerprint density at radius 1 is 1.11 bits per heavy atom. The summed E-state index contributed by atoms with van der Waals surface area (Å²) in [4.78, 5) is 27.7. The molecular formula is C20H13ClN2O3S. The fourth-order valence-electron chi connectivity index (χ4n) is 2.67. The fraction of sp³-hybridized carbons (Fsp3) is 0.0500. The molecule has 0 saturated carbocycles. The summed E-state index contributed by atoms with van der Waals surface area (Å²) in [5, 5.41) is 3.27. The van der Waals surface area contributed by atoms with Gasteiger partial charge in [0.2, 0.25) is 0 Å². The second kappa shape index (κ2) is 7.42. The van der Waals surface area contributed by atoms with Gasteiger partial charge in [0, 0.05) is 10.9 Å². The number of nitrogens with zero attached hydrogens (tertiary/aromatic N) is 1. The monoisotopic (exact) mass is 396 g/mol. The standard InChI is InChI=1S/C20H13ClN2O3S/c21-18-14(10-13-5-1-2-7-16(13)22-18)11-26-15-6-3-4-12(8-15)9-17-19(24)23-20(25)27-17/h1-10H,11H2,(H,23,24,25)/b17-9-. The Bertz CT molecular complexity index is 1100. The van der Waals surface area contributed by atoms with Crippen LogP contribution in [0.2, 0.25) is 5.15 Å². The number of aromatic nitrogens is 1. The second-order valence-corrected chi connectivity index (χ2v) is 7.22. The van der Waals surface area contributed by atoms with Crippen LogP contribution in [0.4, 0.5) is 4.79 Å². The van der Waals surface area contributed by atoms with Gasteiger partial charge in [0.05, 0.1) is 10.4 Å². The van der Waals surface area contributed by atoms with Gasteiger partial charge in [0.25, 0.3) is 11.1 Å². The molecule has 0 aliphatic carbocycles. The van der Waals surface area contributed by atoms with E-state index in [0.29, 0.717) is 15.8 Å². The first-order valence-corrected chi connectivity index (χ1v) is 9.30. The minimum Gasteiger partial charge on any atom is -0.489 e. The first kappa shape index (κ1) is 17.6. The summed E-state index contributed by atoms with van der Waals surface area (Å²) in [6.45, 7) is 0.268. The van der Waals surface area contributed by atoms with Crippen LogP contribution >= 0.6 is 23.4 Å². The molecular weight excluding hydrogens is 384 g/mol. The van der Waals surface area contributed by atoms with E-state index in [2.05, 4.69) is 10.3 Å². The quantitative estimate of drug-likeness (QED) is 0.507. The van der Waals surface area contributed by atoms with Crippen LogP contribution < -0.4 is 10.1 Å². The second-order valence-electron chi connectivity index (χ2n) is 5.84. The highest BCUT2D eigenvalue weighted by Crippen LogP contribution is 2.27. The predicted molar refractivity (Wildman–Crippen MR) is 107 cm³/mol. The zero-order valence-corrected chi connectivity index (χ0v) is 15.5. The van der Waals surface area contributed by atoms with Crippen LogP contribution in [-0.4, -0.2) is 16.1 Å². The smallest absolute Gasteiger partial charge is 0.290 e. The van der Waals surface area contributed by atoms with E-state index in [0.717, 1.165) is 33.8 Å². The van der Waals surface area contributed by atoms with Gasteiger partial charge in [-0.1, -0.05) is 41.9 Å². The van der Waals surface area contributed by atoms with Crippen LogP contribution in [0.15, 0.2) is 59.5 Å². The summed E-state index contributed by atoms with van der Waals surface area (Å²) in [6.07, 6.45) is 1.66. The third-order valence-electron chi connectivity index (χ3n) is 3.94. The Morgan fingerprint density at radius 3 is 2.78 bits per heavy atom. The molecule has 1 N–H and O–H groups in total. The van der Waals surface area contributed by atoms with Crippen molar-refractivity contribution in [1.82, 2.24) is 10.3 Å². The summed E-state index contributed by atoms with van der Waals surface area (Å²) in [5.41, 5.74) is 2.39. The van der Waals surface area contributed by atoms with Crippen molar-refractivity contribution in [3.63, 3.8) is 0 Å². The molecule has 2 aromatic carbocycles. The first-order chi connectivity index (χ1) is 13.1. The highest BCUT2D eigenvalue weighted by atomic mass is 35.5. The topological polar surface area (TPSA) is 68.3 Å². The Hall–Kier alpha value is -2.83. The lowest BCUT2D eigenvalue weighted by Crippen LogP contribution is -2.17. The summed E-state index contributed by atoms with van der Waals surface area (Å²) in [7, 11) is 0. The molecule has 1 aliphatic rings. The van der Waals surface area contributed by atoms with Gasteiger partial charge in [-0.25, -0.2) is 4.98 Å². The number of amides is 2. The Labute approximate surface area is 164 Å². The molecule has 0 spiro atoms. The van der Waals surface area contributed by atoms with E-state index in [9.17, 15) is 9.59 Å². The van der Waals surface area contributed by atoms with Crippen LogP contribution in [-0.2, 0) is 11.4 Å². The normalized spacial score (nSPS) is 15.4. The first-order valence-electron chi connectivity index (χ1n) is 8.10. The van der Waals surface area contributed by atoms with E-state index in [1.807, 2.05) is 48.5 Å². The van der Waals surface area contributed by atoms with Gasteiger partial charge in [-0.2, -0.15) is 0 Å². The maximum Gasteiger partial charge on any atom is 0.290 e. The van der Waals surface area contributed by atoms with Crippen molar-refractivity contribution >= 4 is 51.5 Å². The number of hydrogen-bond donors (Lipinski definition) is 1. The van der Waals surface area contributed by atoms with E-state index < -0.39 is 0 Å². The summed E-state index contributed by atoms with van der Waals surface area (Å²) >= 11 is 7.15. The van der Waals surface area contributed by atoms with Crippen molar-refractivity contribution in [2.75, 3.05) is 0 Å². The van der Waals surface area contributed by atoms with E-state index >= 15 is 0 Å². The molecule has 0 bridgehead atoms. The van der Waals surface area contributed by atoms with Crippen molar-refractivity contribution < 1.29 is 14.3 Å². The molecule has 1 aliphatic heterocycles. The predicted octanol–water partition coefficient (Wildman–Crippen LogP) is 4.79. The third kappa shape index (κ3) is 3.97. The lowest BCUT2D eigenvalue weighted by molar-refractivity contribution is -0.115. The Kier molecular flexibility index (Phi) is 4.83. The minimum atomic E-state index is -0.384. The Balaban J connectivity index is 1.52. The highest BCUT2D eigenvalue weighted by molar-refractivity contribution is 8.18. The molecule has 1 aromatic heterocycles. The molecule has 2 amide bonds. The molecule has 1 fully saturated rings. The van der Waals surface area contributed by atoms with Crippen LogP contribution in [0.5, 0.6) is 5.75 Å². The fourth-order valence-corrected chi connectivity index (χ4v) is 3.55. The summed E-state index contributed by atoms with van der Waals surface area (Å²) in [5.74, 6) is 0.244. The van der Waals surface area contributed by atoms with Gasteiger partial charge < -0.3 is 4.74 Å². The van der Waals surface area contributed by atoms with Gasteiger partial charge in [0.1, 0.15) is 17.5 Å². The molecule has 7 heteroatoms. The third-order valence-corrected chi connectivity index (χ3v) is 5.08. The zero-order valence-electron chi connectivity index (χ0n) is 13.9. The van der Waals surface area contributed by atoms with Crippen molar-refractivity contribution in [3.8, 4) is 5.75 Å². The number of hydrogen-bond acceptors (Lipinski definition) is 5. The minimum absolute atomic E-state index is 0.268. The van der Waals surface area contributed by atoms with E-state index in [4.69, 9.17) is 16.3 Å². The molecule has 0 unspecified atom stereocenters. The van der Waals surface area contributed by atoms with Crippen molar-refractivity contribution in [1.29, 1.82) is 0 Å². The van der Waals surface area contributed by atoms with Gasteiger partial charge in [-0.3, -0.25) is 14.9 Å². The van der Waals surface area contributed by atoms with Gasteiger partial charge >= 0.3 is 0 Å². The van der Waals surface area contributed by atoms with Crippen LogP contribution in [0.25, 0.3) is 17.0 Å². The number of thioether (sulfide) groups is 1. The van der Waals surface area contributed by atoms with Crippen molar-refractivity contribution in [2.45, 2.75) is 6.61 Å². The molecule has 27 heavy (non-hydrogen) atoms. The van der Waals surface area contributed by atoms with Gasteiger partial charge in [-0.15, -0.1) is 0 Å². The highest BCUT2D eigenvalue weighted by Gasteiger charge is 2.24. The number of fused-ring (bicyclic) bond motifs is 1. The number of ether oxygens (including phenoxy) is 1. The molecule has 0 atom stereocenters. The molecule has 0 radical (unpaired) electrons. The molecule has 4 rings (SSSR count). The molecule has 3 aromatic rings. The largest absolute Gasteiger partial charge is 0.489 e. The lowest BCUT2D eigenvalue weighted by Gasteiger charge is -2.09. The van der Waals surface area contributed by atoms with Crippen LogP contribution in [0.3, 0.4) is 0 Å². The van der Waals surface area contributed by atoms with E-state index in [-0.39, 0.29) is 17.8 Å². The molecule has 5 nitrogen and oxygen atoms in total. The van der Waals surface area contributed by atoms with Gasteiger partial charge in [0.15, 0.2) is 0 Å². The summed E-state index contributed by atoms with van der Waals surface area (Å²) < 4.78 is 5.85. The van der Waals surface area contributed by atoms with Crippen LogP contribution in [0, 0.1) is 0 Å². The number of para-hydroxylation sites is 1. The number of carbonyl (C=O) groups is 2. The van der Waals surface area contributed by atoms with Crippen molar-refractivity contribution in [2.24, 2.45) is 0 Å². The van der Waals surface area contributed by atoms with E-state index in [1.165, 1.54) is 0 Å². The van der Waals surface area contributed by atoms with E-state index in [1.54, 1.807) is 12.1 Å². The number of benzene rings is 2. The number of rotatable bonds is 4. The summed E-state index contributed by atoms with van der Waals surface area (Å²) in [6, 6.07) is 17.0. The number of imide groups is 1. The van der Waals surface area contributed by atoms with Gasteiger partial charge in [-0.05, 0) is 47.7 Å². The molecule has 134 valence electrons. The number of halogens is 1. The lowest BCUT2D eigenvalue weighted by atomic mass is 10.1. The van der Waals surface area contributed by atoms with Crippen molar-refractivity contribution in [3.05, 3.63) is 75.8 Å². The average Bonchev–Trinajstić information content (AvgIpc) is 2.97. The maximum absolute atomic E-state index is 11.7. The Morgan fingerprint density at radius 2 is 1.96 bits per heavy atom. The molecule has 1 saturated heterocycles. The number of pyridine rings is 1. The number of carbonyl (C=O) groups excluding carboxylic acids is 2. The maximum atomic E-state index is 11.7. The SMILES string of the molecule is O=C1NC(=O)/C(=C/c2cccc(OCc3cc4ccccc4nc3Cl)c2)S1. The van der Waals surface area contributed by atoms with Crippen LogP contribution in [0.1, 0.15) is 11.1 Å².